The highest BCUT2D eigenvalue weighted by Gasteiger charge is 2.15. The summed E-state index contributed by atoms with van der Waals surface area (Å²) in [5, 5.41) is 23.6. The number of anilines is 1. The van der Waals surface area contributed by atoms with Gasteiger partial charge in [0, 0.05) is 23.9 Å². The molecule has 0 saturated heterocycles. The van der Waals surface area contributed by atoms with Gasteiger partial charge in [0.2, 0.25) is 0 Å². The standard InChI is InChI=1S/C15H14N2O5/c1-22-15(19)10-5-7-12(8-6-10)16-9-11-3-2-4-13(14(11)18)17(20)21/h2-8,16,18H,9H2,1H3. The lowest BCUT2D eigenvalue weighted by molar-refractivity contribution is -0.385. The Bertz CT molecular complexity index is 698. The van der Waals surface area contributed by atoms with E-state index in [4.69, 9.17) is 0 Å². The Morgan fingerprint density at radius 2 is 1.95 bits per heavy atom. The zero-order valence-electron chi connectivity index (χ0n) is 11.8. The smallest absolute Gasteiger partial charge is 0.337 e. The van der Waals surface area contributed by atoms with E-state index >= 15 is 0 Å². The number of aromatic hydroxyl groups is 1. The molecule has 0 aliphatic carbocycles. The number of methoxy groups -OCH3 is 1. The zero-order valence-corrected chi connectivity index (χ0v) is 11.8. The van der Waals surface area contributed by atoms with Crippen molar-refractivity contribution < 1.29 is 19.6 Å². The highest BCUT2D eigenvalue weighted by Crippen LogP contribution is 2.29. The van der Waals surface area contributed by atoms with Crippen molar-refractivity contribution in [3.63, 3.8) is 0 Å². The SMILES string of the molecule is COC(=O)c1ccc(NCc2cccc([N+](=O)[O-])c2O)cc1. The third-order valence-electron chi connectivity index (χ3n) is 3.08. The predicted molar refractivity (Wildman–Crippen MR) is 79.9 cm³/mol. The van der Waals surface area contributed by atoms with Gasteiger partial charge in [-0.3, -0.25) is 10.1 Å². The van der Waals surface area contributed by atoms with Gasteiger partial charge in [-0.2, -0.15) is 0 Å². The fourth-order valence-electron chi connectivity index (χ4n) is 1.91. The molecule has 22 heavy (non-hydrogen) atoms. The van der Waals surface area contributed by atoms with E-state index in [2.05, 4.69) is 10.1 Å². The van der Waals surface area contributed by atoms with E-state index < -0.39 is 10.9 Å². The summed E-state index contributed by atoms with van der Waals surface area (Å²) in [6.45, 7) is 0.213. The van der Waals surface area contributed by atoms with Crippen LogP contribution in [0.15, 0.2) is 42.5 Å². The molecule has 0 fully saturated rings. The summed E-state index contributed by atoms with van der Waals surface area (Å²) < 4.78 is 4.60. The van der Waals surface area contributed by atoms with Crippen molar-refractivity contribution in [2.24, 2.45) is 0 Å². The van der Waals surface area contributed by atoms with Gasteiger partial charge in [-0.15, -0.1) is 0 Å². The van der Waals surface area contributed by atoms with Crippen molar-refractivity contribution in [3.8, 4) is 5.75 Å². The molecule has 114 valence electrons. The summed E-state index contributed by atoms with van der Waals surface area (Å²) in [6, 6.07) is 10.9. The maximum absolute atomic E-state index is 11.3. The highest BCUT2D eigenvalue weighted by atomic mass is 16.6. The van der Waals surface area contributed by atoms with Gasteiger partial charge in [-0.05, 0) is 24.3 Å². The number of para-hydroxylation sites is 1. The second-order valence-corrected chi connectivity index (χ2v) is 4.46. The number of esters is 1. The first kappa shape index (κ1) is 15.3. The number of hydrogen-bond acceptors (Lipinski definition) is 6. The number of nitrogens with zero attached hydrogens (tertiary/aromatic N) is 1. The zero-order chi connectivity index (χ0) is 16.1. The number of nitro groups is 1. The lowest BCUT2D eigenvalue weighted by atomic mass is 10.1. The summed E-state index contributed by atoms with van der Waals surface area (Å²) in [7, 11) is 1.31. The van der Waals surface area contributed by atoms with Crippen molar-refractivity contribution in [3.05, 3.63) is 63.7 Å². The van der Waals surface area contributed by atoms with Gasteiger partial charge in [-0.25, -0.2) is 4.79 Å². The van der Waals surface area contributed by atoms with Crippen molar-refractivity contribution in [2.75, 3.05) is 12.4 Å². The van der Waals surface area contributed by atoms with Crippen LogP contribution in [0.2, 0.25) is 0 Å². The molecule has 0 unspecified atom stereocenters. The summed E-state index contributed by atoms with van der Waals surface area (Å²) >= 11 is 0. The molecular formula is C15H14N2O5. The Labute approximate surface area is 126 Å². The third-order valence-corrected chi connectivity index (χ3v) is 3.08. The van der Waals surface area contributed by atoms with Crippen LogP contribution < -0.4 is 5.32 Å². The lowest BCUT2D eigenvalue weighted by Crippen LogP contribution is -2.03. The number of phenolic OH excluding ortho intramolecular Hbond substituents is 1. The number of carbonyl (C=O) groups is 1. The quantitative estimate of drug-likeness (QED) is 0.500. The first-order valence-corrected chi connectivity index (χ1v) is 6.40. The van der Waals surface area contributed by atoms with E-state index in [0.717, 1.165) is 0 Å². The Morgan fingerprint density at radius 1 is 1.27 bits per heavy atom. The van der Waals surface area contributed by atoms with Crippen LogP contribution in [-0.2, 0) is 11.3 Å². The van der Waals surface area contributed by atoms with Gasteiger partial charge in [0.05, 0.1) is 17.6 Å². The van der Waals surface area contributed by atoms with Gasteiger partial charge in [-0.1, -0.05) is 12.1 Å². The van der Waals surface area contributed by atoms with Crippen molar-refractivity contribution in [1.82, 2.24) is 0 Å². The van der Waals surface area contributed by atoms with Gasteiger partial charge >= 0.3 is 11.7 Å². The topological polar surface area (TPSA) is 102 Å². The van der Waals surface area contributed by atoms with Gasteiger partial charge in [0.15, 0.2) is 5.75 Å². The fourth-order valence-corrected chi connectivity index (χ4v) is 1.91. The molecule has 0 aromatic heterocycles. The van der Waals surface area contributed by atoms with Gasteiger partial charge < -0.3 is 15.2 Å². The number of phenols is 1. The van der Waals surface area contributed by atoms with Crippen LogP contribution in [0.3, 0.4) is 0 Å². The molecule has 7 heteroatoms. The molecule has 0 aliphatic rings. The predicted octanol–water partition coefficient (Wildman–Crippen LogP) is 2.70. The van der Waals surface area contributed by atoms with Gasteiger partial charge in [0.1, 0.15) is 0 Å². The number of ether oxygens (including phenoxy) is 1. The second-order valence-electron chi connectivity index (χ2n) is 4.46. The maximum atomic E-state index is 11.3. The molecule has 0 amide bonds. The molecule has 0 heterocycles. The van der Waals surface area contributed by atoms with Crippen molar-refractivity contribution in [1.29, 1.82) is 0 Å². The van der Waals surface area contributed by atoms with E-state index in [0.29, 0.717) is 16.8 Å². The molecule has 7 nitrogen and oxygen atoms in total. The number of nitrogens with one attached hydrogen (secondary N) is 1. The number of nitro benzene ring substituents is 1. The van der Waals surface area contributed by atoms with Crippen LogP contribution in [-0.4, -0.2) is 23.1 Å². The van der Waals surface area contributed by atoms with Gasteiger partial charge in [0.25, 0.3) is 0 Å². The average molecular weight is 302 g/mol. The Balaban J connectivity index is 2.09. The number of carbonyl (C=O) groups excluding carboxylic acids is 1. The molecular weight excluding hydrogens is 288 g/mol. The summed E-state index contributed by atoms with van der Waals surface area (Å²) in [5.74, 6) is -0.783. The molecule has 0 atom stereocenters. The average Bonchev–Trinajstić information content (AvgIpc) is 2.53. The van der Waals surface area contributed by atoms with E-state index in [1.165, 1.54) is 19.2 Å². The molecule has 2 aromatic rings. The van der Waals surface area contributed by atoms with E-state index in [9.17, 15) is 20.0 Å². The second kappa shape index (κ2) is 6.57. The summed E-state index contributed by atoms with van der Waals surface area (Å²) in [4.78, 5) is 21.4. The Hall–Kier alpha value is -3.09. The first-order valence-electron chi connectivity index (χ1n) is 6.40. The number of hydrogen-bond donors (Lipinski definition) is 2. The Morgan fingerprint density at radius 3 is 2.55 bits per heavy atom. The molecule has 0 radical (unpaired) electrons. The lowest BCUT2D eigenvalue weighted by Gasteiger charge is -2.09. The van der Waals surface area contributed by atoms with E-state index in [-0.39, 0.29) is 18.0 Å². The minimum absolute atomic E-state index is 0.213. The molecule has 2 aromatic carbocycles. The fraction of sp³-hybridized carbons (Fsp3) is 0.133. The highest BCUT2D eigenvalue weighted by molar-refractivity contribution is 5.89. The first-order chi connectivity index (χ1) is 10.5. The van der Waals surface area contributed by atoms with Crippen molar-refractivity contribution >= 4 is 17.3 Å². The number of rotatable bonds is 5. The van der Waals surface area contributed by atoms with Crippen LogP contribution in [0.5, 0.6) is 5.75 Å². The molecule has 0 bridgehead atoms. The van der Waals surface area contributed by atoms with E-state index in [1.807, 2.05) is 0 Å². The third kappa shape index (κ3) is 3.32. The molecule has 2 N–H and O–H groups in total. The summed E-state index contributed by atoms with van der Waals surface area (Å²) in [5.41, 5.74) is 1.20. The van der Waals surface area contributed by atoms with Crippen LogP contribution in [0.25, 0.3) is 0 Å². The maximum Gasteiger partial charge on any atom is 0.337 e. The van der Waals surface area contributed by atoms with Crippen molar-refractivity contribution in [2.45, 2.75) is 6.54 Å². The molecule has 0 aliphatic heterocycles. The largest absolute Gasteiger partial charge is 0.502 e. The van der Waals surface area contributed by atoms with Crippen LogP contribution in [0.1, 0.15) is 15.9 Å². The van der Waals surface area contributed by atoms with Crippen LogP contribution in [0.4, 0.5) is 11.4 Å². The number of benzene rings is 2. The van der Waals surface area contributed by atoms with E-state index in [1.54, 1.807) is 30.3 Å². The van der Waals surface area contributed by atoms with Crippen LogP contribution in [0, 0.1) is 10.1 Å². The Kier molecular flexibility index (Phi) is 4.57. The summed E-state index contributed by atoms with van der Waals surface area (Å²) in [6.07, 6.45) is 0. The molecule has 2 rings (SSSR count). The molecule has 0 saturated carbocycles. The molecule has 0 spiro atoms. The minimum atomic E-state index is -0.635. The monoisotopic (exact) mass is 302 g/mol. The normalized spacial score (nSPS) is 10.0. The van der Waals surface area contributed by atoms with Crippen LogP contribution >= 0.6 is 0 Å². The minimum Gasteiger partial charge on any atom is -0.502 e.